The summed E-state index contributed by atoms with van der Waals surface area (Å²) in [6.07, 6.45) is 3.46. The molecule has 2 rings (SSSR count). The van der Waals surface area contributed by atoms with E-state index in [1.807, 2.05) is 35.2 Å². The minimum absolute atomic E-state index is 0.0604. The lowest BCUT2D eigenvalue weighted by Gasteiger charge is -2.33. The van der Waals surface area contributed by atoms with Crippen LogP contribution in [-0.2, 0) is 4.79 Å². The first-order chi connectivity index (χ1) is 10.2. The number of nitrogens with two attached hydrogens (primary N) is 1. The van der Waals surface area contributed by atoms with Crippen LogP contribution in [0.1, 0.15) is 5.56 Å². The van der Waals surface area contributed by atoms with Crippen molar-refractivity contribution in [1.29, 1.82) is 0 Å². The monoisotopic (exact) mass is 289 g/mol. The van der Waals surface area contributed by atoms with Crippen molar-refractivity contribution in [2.75, 3.05) is 46.4 Å². The van der Waals surface area contributed by atoms with Crippen LogP contribution in [0.15, 0.2) is 30.3 Å². The Bertz CT molecular complexity index is 494. The lowest BCUT2D eigenvalue weighted by Crippen LogP contribution is -2.49. The van der Waals surface area contributed by atoms with Crippen LogP contribution in [0.2, 0.25) is 0 Å². The van der Waals surface area contributed by atoms with Crippen LogP contribution in [0.5, 0.6) is 5.75 Å². The molecule has 1 aliphatic rings. The quantitative estimate of drug-likeness (QED) is 0.815. The fraction of sp³-hybridized carbons (Fsp3) is 0.438. The largest absolute Gasteiger partial charge is 0.497 e. The van der Waals surface area contributed by atoms with Gasteiger partial charge in [-0.15, -0.1) is 0 Å². The second-order valence-electron chi connectivity index (χ2n) is 5.07. The lowest BCUT2D eigenvalue weighted by atomic mass is 10.2. The molecule has 0 unspecified atom stereocenters. The molecule has 114 valence electrons. The highest BCUT2D eigenvalue weighted by atomic mass is 16.5. The molecule has 0 aromatic heterocycles. The second kappa shape index (κ2) is 7.81. The zero-order chi connectivity index (χ0) is 15.1. The fourth-order valence-electron chi connectivity index (χ4n) is 2.39. The number of hydrogen-bond acceptors (Lipinski definition) is 4. The van der Waals surface area contributed by atoms with Gasteiger partial charge in [-0.25, -0.2) is 0 Å². The maximum absolute atomic E-state index is 12.2. The molecule has 0 radical (unpaired) electrons. The molecule has 1 saturated heterocycles. The first kappa shape index (κ1) is 15.5. The average Bonchev–Trinajstić information content (AvgIpc) is 2.54. The molecular weight excluding hydrogens is 266 g/mol. The third-order valence-electron chi connectivity index (χ3n) is 3.64. The van der Waals surface area contributed by atoms with Gasteiger partial charge in [-0.1, -0.05) is 12.1 Å². The number of amides is 1. The molecule has 1 aliphatic heterocycles. The predicted molar refractivity (Wildman–Crippen MR) is 84.1 cm³/mol. The molecule has 5 heteroatoms. The molecule has 5 nitrogen and oxygen atoms in total. The molecule has 1 fully saturated rings. The van der Waals surface area contributed by atoms with Crippen molar-refractivity contribution < 1.29 is 9.53 Å². The van der Waals surface area contributed by atoms with E-state index in [-0.39, 0.29) is 5.91 Å². The Morgan fingerprint density at radius 2 is 2.10 bits per heavy atom. The van der Waals surface area contributed by atoms with Crippen molar-refractivity contribution in [3.63, 3.8) is 0 Å². The van der Waals surface area contributed by atoms with Crippen LogP contribution >= 0.6 is 0 Å². The third kappa shape index (κ3) is 4.58. The van der Waals surface area contributed by atoms with E-state index in [1.165, 1.54) is 0 Å². The zero-order valence-corrected chi connectivity index (χ0v) is 12.5. The Morgan fingerprint density at radius 1 is 1.33 bits per heavy atom. The topological polar surface area (TPSA) is 58.8 Å². The van der Waals surface area contributed by atoms with Crippen molar-refractivity contribution in [3.05, 3.63) is 35.9 Å². The molecule has 21 heavy (non-hydrogen) atoms. The van der Waals surface area contributed by atoms with E-state index in [0.717, 1.165) is 44.0 Å². The van der Waals surface area contributed by atoms with Gasteiger partial charge in [0.2, 0.25) is 5.91 Å². The van der Waals surface area contributed by atoms with Crippen LogP contribution < -0.4 is 10.5 Å². The van der Waals surface area contributed by atoms with E-state index < -0.39 is 0 Å². The van der Waals surface area contributed by atoms with E-state index in [0.29, 0.717) is 6.54 Å². The smallest absolute Gasteiger partial charge is 0.246 e. The van der Waals surface area contributed by atoms with Crippen molar-refractivity contribution in [2.45, 2.75) is 0 Å². The number of piperazine rings is 1. The van der Waals surface area contributed by atoms with E-state index >= 15 is 0 Å². The number of carbonyl (C=O) groups is 1. The van der Waals surface area contributed by atoms with Gasteiger partial charge in [0.05, 0.1) is 7.11 Å². The molecule has 1 aromatic rings. The Hall–Kier alpha value is -1.85. The maximum atomic E-state index is 12.2. The van der Waals surface area contributed by atoms with Crippen LogP contribution in [0.3, 0.4) is 0 Å². The highest BCUT2D eigenvalue weighted by molar-refractivity contribution is 5.91. The third-order valence-corrected chi connectivity index (χ3v) is 3.64. The molecule has 1 heterocycles. The van der Waals surface area contributed by atoms with Gasteiger partial charge in [-0.2, -0.15) is 0 Å². The van der Waals surface area contributed by atoms with Crippen molar-refractivity contribution >= 4 is 12.0 Å². The summed E-state index contributed by atoms with van der Waals surface area (Å²) >= 11 is 0. The van der Waals surface area contributed by atoms with Crippen molar-refractivity contribution in [3.8, 4) is 5.75 Å². The van der Waals surface area contributed by atoms with Gasteiger partial charge >= 0.3 is 0 Å². The summed E-state index contributed by atoms with van der Waals surface area (Å²) in [7, 11) is 1.63. The normalized spacial score (nSPS) is 16.4. The van der Waals surface area contributed by atoms with E-state index in [9.17, 15) is 4.79 Å². The van der Waals surface area contributed by atoms with E-state index in [1.54, 1.807) is 13.2 Å². The highest BCUT2D eigenvalue weighted by Gasteiger charge is 2.18. The fourth-order valence-corrected chi connectivity index (χ4v) is 2.39. The molecule has 0 spiro atoms. The SMILES string of the molecule is COc1cccc(/C=C/C(=O)N2CCN(CCN)CC2)c1. The van der Waals surface area contributed by atoms with Gasteiger partial charge < -0.3 is 15.4 Å². The first-order valence-corrected chi connectivity index (χ1v) is 7.26. The summed E-state index contributed by atoms with van der Waals surface area (Å²) in [6.45, 7) is 4.90. The van der Waals surface area contributed by atoms with Gasteiger partial charge in [0.1, 0.15) is 5.75 Å². The molecule has 0 atom stereocenters. The average molecular weight is 289 g/mol. The Balaban J connectivity index is 1.88. The molecule has 0 bridgehead atoms. The summed E-state index contributed by atoms with van der Waals surface area (Å²) in [5.74, 6) is 0.852. The standard InChI is InChI=1S/C16H23N3O2/c1-21-15-4-2-3-14(13-15)5-6-16(20)19-11-9-18(8-7-17)10-12-19/h2-6,13H,7-12,17H2,1H3/b6-5+. The molecule has 2 N–H and O–H groups in total. The van der Waals surface area contributed by atoms with Gasteiger partial charge in [0.25, 0.3) is 0 Å². The predicted octanol–water partition coefficient (Wildman–Crippen LogP) is 0.811. The molecule has 1 amide bonds. The summed E-state index contributed by atoms with van der Waals surface area (Å²) in [5.41, 5.74) is 6.51. The van der Waals surface area contributed by atoms with Crippen LogP contribution in [0.25, 0.3) is 6.08 Å². The number of methoxy groups -OCH3 is 1. The van der Waals surface area contributed by atoms with Gasteiger partial charge in [-0.3, -0.25) is 9.69 Å². The summed E-state index contributed by atoms with van der Waals surface area (Å²) < 4.78 is 5.17. The van der Waals surface area contributed by atoms with E-state index in [2.05, 4.69) is 4.90 Å². The van der Waals surface area contributed by atoms with Gasteiger partial charge in [0.15, 0.2) is 0 Å². The first-order valence-electron chi connectivity index (χ1n) is 7.26. The van der Waals surface area contributed by atoms with Crippen molar-refractivity contribution in [2.24, 2.45) is 5.73 Å². The van der Waals surface area contributed by atoms with Crippen LogP contribution in [0.4, 0.5) is 0 Å². The Morgan fingerprint density at radius 3 is 2.76 bits per heavy atom. The van der Waals surface area contributed by atoms with Crippen LogP contribution in [-0.4, -0.2) is 62.1 Å². The molecular formula is C16H23N3O2. The van der Waals surface area contributed by atoms with Gasteiger partial charge in [0, 0.05) is 45.3 Å². The Kier molecular flexibility index (Phi) is 5.78. The number of nitrogens with zero attached hydrogens (tertiary/aromatic N) is 2. The summed E-state index contributed by atoms with van der Waals surface area (Å²) in [5, 5.41) is 0. The zero-order valence-electron chi connectivity index (χ0n) is 12.5. The maximum Gasteiger partial charge on any atom is 0.246 e. The number of carbonyl (C=O) groups excluding carboxylic acids is 1. The highest BCUT2D eigenvalue weighted by Crippen LogP contribution is 2.14. The molecule has 0 aliphatic carbocycles. The number of rotatable bonds is 5. The lowest BCUT2D eigenvalue weighted by molar-refractivity contribution is -0.127. The van der Waals surface area contributed by atoms with Crippen LogP contribution in [0, 0.1) is 0 Å². The second-order valence-corrected chi connectivity index (χ2v) is 5.07. The number of ether oxygens (including phenoxy) is 1. The van der Waals surface area contributed by atoms with Gasteiger partial charge in [-0.05, 0) is 23.8 Å². The van der Waals surface area contributed by atoms with E-state index in [4.69, 9.17) is 10.5 Å². The minimum atomic E-state index is 0.0604. The Labute approximate surface area is 126 Å². The van der Waals surface area contributed by atoms with Crippen molar-refractivity contribution in [1.82, 2.24) is 9.80 Å². The summed E-state index contributed by atoms with van der Waals surface area (Å²) in [6, 6.07) is 7.65. The minimum Gasteiger partial charge on any atom is -0.497 e. The molecule has 1 aromatic carbocycles. The number of hydrogen-bond donors (Lipinski definition) is 1. The molecule has 0 saturated carbocycles. The number of benzene rings is 1. The summed E-state index contributed by atoms with van der Waals surface area (Å²) in [4.78, 5) is 16.3.